The molecular formula is C14H21N3O2. The molecular weight excluding hydrogens is 242 g/mol. The lowest BCUT2D eigenvalue weighted by Crippen LogP contribution is -2.55. The van der Waals surface area contributed by atoms with Gasteiger partial charge in [-0.15, -0.1) is 0 Å². The number of carbonyl (C=O) groups excluding carboxylic acids is 1. The number of pyridine rings is 1. The van der Waals surface area contributed by atoms with Crippen LogP contribution in [0.4, 0.5) is 0 Å². The highest BCUT2D eigenvalue weighted by molar-refractivity contribution is 5.76. The van der Waals surface area contributed by atoms with E-state index in [4.69, 9.17) is 0 Å². The number of piperazine rings is 1. The van der Waals surface area contributed by atoms with Gasteiger partial charge in [-0.25, -0.2) is 0 Å². The van der Waals surface area contributed by atoms with Crippen molar-refractivity contribution < 1.29 is 4.79 Å². The molecule has 1 saturated heterocycles. The van der Waals surface area contributed by atoms with Gasteiger partial charge in [-0.2, -0.15) is 0 Å². The van der Waals surface area contributed by atoms with Crippen molar-refractivity contribution in [2.45, 2.75) is 38.9 Å². The Balaban J connectivity index is 1.91. The van der Waals surface area contributed by atoms with E-state index in [1.54, 1.807) is 22.9 Å². The lowest BCUT2D eigenvalue weighted by Gasteiger charge is -2.36. The predicted molar refractivity (Wildman–Crippen MR) is 74.0 cm³/mol. The second-order valence-corrected chi connectivity index (χ2v) is 5.25. The molecule has 0 spiro atoms. The van der Waals surface area contributed by atoms with E-state index in [1.165, 1.54) is 6.07 Å². The van der Waals surface area contributed by atoms with Crippen LogP contribution in [0.2, 0.25) is 0 Å². The second-order valence-electron chi connectivity index (χ2n) is 5.25. The van der Waals surface area contributed by atoms with Crippen LogP contribution in [0.1, 0.15) is 20.3 Å². The van der Waals surface area contributed by atoms with Crippen LogP contribution in [-0.2, 0) is 11.3 Å². The van der Waals surface area contributed by atoms with Gasteiger partial charge in [-0.05, 0) is 19.9 Å². The van der Waals surface area contributed by atoms with Crippen molar-refractivity contribution in [2.75, 3.05) is 13.1 Å². The number of hydrogen-bond donors (Lipinski definition) is 1. The van der Waals surface area contributed by atoms with Crippen molar-refractivity contribution in [1.29, 1.82) is 0 Å². The van der Waals surface area contributed by atoms with Crippen molar-refractivity contribution in [3.8, 4) is 0 Å². The molecule has 5 nitrogen and oxygen atoms in total. The molecule has 1 aliphatic heterocycles. The van der Waals surface area contributed by atoms with E-state index in [1.807, 2.05) is 4.90 Å². The largest absolute Gasteiger partial charge is 0.340 e. The van der Waals surface area contributed by atoms with Gasteiger partial charge in [0.25, 0.3) is 5.56 Å². The summed E-state index contributed by atoms with van der Waals surface area (Å²) in [6.45, 7) is 6.10. The SMILES string of the molecule is C[C@@H]1CN(C(=O)CCn2ccccc2=O)C[C@H](C)N1. The second kappa shape index (κ2) is 6.02. The number of amides is 1. The van der Waals surface area contributed by atoms with E-state index in [-0.39, 0.29) is 11.5 Å². The Labute approximate surface area is 113 Å². The molecule has 1 aromatic heterocycles. The maximum absolute atomic E-state index is 12.2. The summed E-state index contributed by atoms with van der Waals surface area (Å²) in [5, 5.41) is 3.40. The van der Waals surface area contributed by atoms with Crippen LogP contribution in [0.5, 0.6) is 0 Å². The van der Waals surface area contributed by atoms with Gasteiger partial charge in [0.1, 0.15) is 0 Å². The Hall–Kier alpha value is -1.62. The van der Waals surface area contributed by atoms with E-state index in [0.717, 1.165) is 13.1 Å². The van der Waals surface area contributed by atoms with Crippen LogP contribution < -0.4 is 10.9 Å². The van der Waals surface area contributed by atoms with Crippen LogP contribution in [0, 0.1) is 0 Å². The standard InChI is InChI=1S/C14H21N3O2/c1-11-9-17(10-12(2)15-11)14(19)6-8-16-7-4-3-5-13(16)18/h3-5,7,11-12,15H,6,8-10H2,1-2H3/t11-,12+. The van der Waals surface area contributed by atoms with Gasteiger partial charge in [0, 0.05) is 50.4 Å². The minimum absolute atomic E-state index is 0.0580. The molecule has 1 fully saturated rings. The molecule has 0 unspecified atom stereocenters. The maximum atomic E-state index is 12.2. The number of nitrogens with zero attached hydrogens (tertiary/aromatic N) is 2. The zero-order valence-electron chi connectivity index (χ0n) is 11.5. The number of aryl methyl sites for hydroxylation is 1. The summed E-state index contributed by atoms with van der Waals surface area (Å²) in [6.07, 6.45) is 2.10. The van der Waals surface area contributed by atoms with E-state index < -0.39 is 0 Å². The van der Waals surface area contributed by atoms with Gasteiger partial charge in [-0.3, -0.25) is 9.59 Å². The van der Waals surface area contributed by atoms with Crippen molar-refractivity contribution in [3.05, 3.63) is 34.7 Å². The van der Waals surface area contributed by atoms with Crippen LogP contribution in [-0.4, -0.2) is 40.5 Å². The fourth-order valence-corrected chi connectivity index (χ4v) is 2.55. The Morgan fingerprint density at radius 1 is 1.32 bits per heavy atom. The van der Waals surface area contributed by atoms with Gasteiger partial charge >= 0.3 is 0 Å². The lowest BCUT2D eigenvalue weighted by molar-refractivity contribution is -0.133. The average molecular weight is 263 g/mol. The first-order chi connectivity index (χ1) is 9.06. The van der Waals surface area contributed by atoms with Gasteiger partial charge < -0.3 is 14.8 Å². The number of carbonyl (C=O) groups is 1. The molecule has 104 valence electrons. The number of hydrogen-bond acceptors (Lipinski definition) is 3. The highest BCUT2D eigenvalue weighted by Gasteiger charge is 2.24. The first-order valence-electron chi connectivity index (χ1n) is 6.75. The number of rotatable bonds is 3. The smallest absolute Gasteiger partial charge is 0.250 e. The Kier molecular flexibility index (Phi) is 4.37. The molecule has 1 N–H and O–H groups in total. The molecule has 19 heavy (non-hydrogen) atoms. The Morgan fingerprint density at radius 3 is 2.63 bits per heavy atom. The highest BCUT2D eigenvalue weighted by atomic mass is 16.2. The molecule has 0 saturated carbocycles. The van der Waals surface area contributed by atoms with Crippen LogP contribution in [0.15, 0.2) is 29.2 Å². The van der Waals surface area contributed by atoms with E-state index in [0.29, 0.717) is 25.0 Å². The minimum atomic E-state index is -0.0580. The molecule has 0 aliphatic carbocycles. The first kappa shape index (κ1) is 13.8. The first-order valence-corrected chi connectivity index (χ1v) is 6.75. The number of nitrogens with one attached hydrogen (secondary N) is 1. The van der Waals surface area contributed by atoms with Gasteiger partial charge in [0.15, 0.2) is 0 Å². The van der Waals surface area contributed by atoms with E-state index in [9.17, 15) is 9.59 Å². The fraction of sp³-hybridized carbons (Fsp3) is 0.571. The number of aromatic nitrogens is 1. The molecule has 2 atom stereocenters. The summed E-state index contributed by atoms with van der Waals surface area (Å²) in [7, 11) is 0. The van der Waals surface area contributed by atoms with Crippen LogP contribution in [0.25, 0.3) is 0 Å². The summed E-state index contributed by atoms with van der Waals surface area (Å²) in [5.41, 5.74) is -0.0580. The summed E-state index contributed by atoms with van der Waals surface area (Å²) >= 11 is 0. The molecule has 1 amide bonds. The fourth-order valence-electron chi connectivity index (χ4n) is 2.55. The van der Waals surface area contributed by atoms with Crippen molar-refractivity contribution in [2.24, 2.45) is 0 Å². The minimum Gasteiger partial charge on any atom is -0.340 e. The third kappa shape index (κ3) is 3.67. The zero-order chi connectivity index (χ0) is 13.8. The zero-order valence-corrected chi connectivity index (χ0v) is 11.5. The lowest BCUT2D eigenvalue weighted by atomic mass is 10.1. The van der Waals surface area contributed by atoms with E-state index in [2.05, 4.69) is 19.2 Å². The predicted octanol–water partition coefficient (Wildman–Crippen LogP) is 0.447. The van der Waals surface area contributed by atoms with Crippen LogP contribution >= 0.6 is 0 Å². The molecule has 0 bridgehead atoms. The molecule has 0 aromatic carbocycles. The maximum Gasteiger partial charge on any atom is 0.250 e. The summed E-state index contributed by atoms with van der Waals surface area (Å²) in [4.78, 5) is 25.6. The molecule has 2 heterocycles. The monoisotopic (exact) mass is 263 g/mol. The van der Waals surface area contributed by atoms with Crippen LogP contribution in [0.3, 0.4) is 0 Å². The van der Waals surface area contributed by atoms with Crippen molar-refractivity contribution in [1.82, 2.24) is 14.8 Å². The third-order valence-corrected chi connectivity index (χ3v) is 3.38. The van der Waals surface area contributed by atoms with Gasteiger partial charge in [0.05, 0.1) is 0 Å². The molecule has 0 radical (unpaired) electrons. The van der Waals surface area contributed by atoms with Gasteiger partial charge in [0.2, 0.25) is 5.91 Å². The molecule has 2 rings (SSSR count). The Morgan fingerprint density at radius 2 is 2.00 bits per heavy atom. The molecule has 5 heteroatoms. The topological polar surface area (TPSA) is 54.3 Å². The normalized spacial score (nSPS) is 23.4. The Bertz CT molecular complexity index is 487. The molecule has 1 aliphatic rings. The summed E-state index contributed by atoms with van der Waals surface area (Å²) < 4.78 is 1.58. The quantitative estimate of drug-likeness (QED) is 0.861. The average Bonchev–Trinajstić information content (AvgIpc) is 2.36. The van der Waals surface area contributed by atoms with Crippen molar-refractivity contribution in [3.63, 3.8) is 0 Å². The molecule has 1 aromatic rings. The van der Waals surface area contributed by atoms with Gasteiger partial charge in [-0.1, -0.05) is 6.07 Å². The van der Waals surface area contributed by atoms with E-state index >= 15 is 0 Å². The summed E-state index contributed by atoms with van der Waals surface area (Å²) in [6, 6.07) is 5.68. The highest BCUT2D eigenvalue weighted by Crippen LogP contribution is 2.06. The third-order valence-electron chi connectivity index (χ3n) is 3.38. The van der Waals surface area contributed by atoms with Crippen molar-refractivity contribution >= 4 is 5.91 Å². The summed E-state index contributed by atoms with van der Waals surface area (Å²) in [5.74, 6) is 0.121.